The van der Waals surface area contributed by atoms with Gasteiger partial charge in [-0.25, -0.2) is 4.52 Å². The molecule has 3 heteroatoms. The molecule has 0 aromatic carbocycles. The SMILES string of the molecule is Cc1cnn2cc[nH]c12. The maximum absolute atomic E-state index is 4.06. The van der Waals surface area contributed by atoms with Crippen LogP contribution in [0.15, 0.2) is 18.6 Å². The van der Waals surface area contributed by atoms with Crippen LogP contribution < -0.4 is 0 Å². The van der Waals surface area contributed by atoms with Gasteiger partial charge in [0.15, 0.2) is 0 Å². The third-order valence-electron chi connectivity index (χ3n) is 1.41. The van der Waals surface area contributed by atoms with Crippen molar-refractivity contribution in [3.05, 3.63) is 24.2 Å². The van der Waals surface area contributed by atoms with Gasteiger partial charge in [-0.1, -0.05) is 0 Å². The third kappa shape index (κ3) is 0.483. The molecule has 0 aliphatic heterocycles. The lowest BCUT2D eigenvalue weighted by molar-refractivity contribution is 0.973. The van der Waals surface area contributed by atoms with Crippen molar-refractivity contribution in [1.29, 1.82) is 0 Å². The van der Waals surface area contributed by atoms with E-state index >= 15 is 0 Å². The minimum atomic E-state index is 1.08. The van der Waals surface area contributed by atoms with E-state index in [0.717, 1.165) is 5.65 Å². The number of fused-ring (bicyclic) bond motifs is 1. The summed E-state index contributed by atoms with van der Waals surface area (Å²) in [5.74, 6) is 0. The lowest BCUT2D eigenvalue weighted by Gasteiger charge is -1.78. The molecule has 0 bridgehead atoms. The standard InChI is InChI=1S/C6H7N3/c1-5-4-8-9-3-2-7-6(5)9/h2-4,7H,1H3. The summed E-state index contributed by atoms with van der Waals surface area (Å²) in [6.07, 6.45) is 5.60. The molecule has 0 saturated carbocycles. The number of rotatable bonds is 0. The summed E-state index contributed by atoms with van der Waals surface area (Å²) in [6, 6.07) is 0. The van der Waals surface area contributed by atoms with E-state index in [1.807, 2.05) is 30.0 Å². The average molecular weight is 121 g/mol. The predicted molar refractivity (Wildman–Crippen MR) is 34.3 cm³/mol. The van der Waals surface area contributed by atoms with Crippen molar-refractivity contribution in [2.45, 2.75) is 6.92 Å². The molecule has 0 amide bonds. The zero-order valence-electron chi connectivity index (χ0n) is 5.13. The molecule has 0 aliphatic carbocycles. The first-order valence-corrected chi connectivity index (χ1v) is 2.85. The smallest absolute Gasteiger partial charge is 0.136 e. The molecule has 0 unspecified atom stereocenters. The largest absolute Gasteiger partial charge is 0.345 e. The van der Waals surface area contributed by atoms with Crippen LogP contribution in [0.25, 0.3) is 5.65 Å². The lowest BCUT2D eigenvalue weighted by Crippen LogP contribution is -1.76. The van der Waals surface area contributed by atoms with Gasteiger partial charge in [-0.15, -0.1) is 0 Å². The van der Waals surface area contributed by atoms with E-state index < -0.39 is 0 Å². The highest BCUT2D eigenvalue weighted by Crippen LogP contribution is 2.03. The van der Waals surface area contributed by atoms with Crippen molar-refractivity contribution in [3.63, 3.8) is 0 Å². The topological polar surface area (TPSA) is 33.1 Å². The van der Waals surface area contributed by atoms with Crippen LogP contribution >= 0.6 is 0 Å². The quantitative estimate of drug-likeness (QED) is 0.553. The highest BCUT2D eigenvalue weighted by atomic mass is 15.2. The van der Waals surface area contributed by atoms with Crippen LogP contribution in [0, 0.1) is 6.92 Å². The highest BCUT2D eigenvalue weighted by molar-refractivity contribution is 5.44. The number of hydrogen-bond acceptors (Lipinski definition) is 1. The minimum Gasteiger partial charge on any atom is -0.345 e. The maximum atomic E-state index is 4.06. The van der Waals surface area contributed by atoms with Crippen molar-refractivity contribution in [3.8, 4) is 0 Å². The molecule has 0 aliphatic rings. The number of aromatic nitrogens is 3. The number of nitrogens with one attached hydrogen (secondary N) is 1. The van der Waals surface area contributed by atoms with Crippen LogP contribution in [0.3, 0.4) is 0 Å². The molecule has 0 spiro atoms. The van der Waals surface area contributed by atoms with Gasteiger partial charge in [0, 0.05) is 18.0 Å². The van der Waals surface area contributed by atoms with Crippen LogP contribution in [0.5, 0.6) is 0 Å². The summed E-state index contributed by atoms with van der Waals surface area (Å²) < 4.78 is 1.81. The van der Waals surface area contributed by atoms with Crippen molar-refractivity contribution >= 4 is 5.65 Å². The van der Waals surface area contributed by atoms with Crippen LogP contribution in [0.4, 0.5) is 0 Å². The van der Waals surface area contributed by atoms with Crippen LogP contribution in [0.2, 0.25) is 0 Å². The van der Waals surface area contributed by atoms with E-state index in [9.17, 15) is 0 Å². The zero-order chi connectivity index (χ0) is 6.27. The molecule has 2 rings (SSSR count). The number of aromatic amines is 1. The number of imidazole rings is 1. The van der Waals surface area contributed by atoms with Gasteiger partial charge in [-0.2, -0.15) is 5.10 Å². The monoisotopic (exact) mass is 121 g/mol. The average Bonchev–Trinajstić information content (AvgIpc) is 2.35. The summed E-state index contributed by atoms with van der Waals surface area (Å²) in [5, 5.41) is 4.06. The van der Waals surface area contributed by atoms with Gasteiger partial charge < -0.3 is 4.98 Å². The van der Waals surface area contributed by atoms with Gasteiger partial charge in [-0.3, -0.25) is 0 Å². The molecule has 2 aromatic rings. The first kappa shape index (κ1) is 4.61. The molecule has 2 heterocycles. The summed E-state index contributed by atoms with van der Waals surface area (Å²) in [4.78, 5) is 3.07. The Kier molecular flexibility index (Phi) is 0.704. The molecule has 0 atom stereocenters. The zero-order valence-corrected chi connectivity index (χ0v) is 5.13. The second-order valence-corrected chi connectivity index (χ2v) is 2.08. The van der Waals surface area contributed by atoms with Gasteiger partial charge >= 0.3 is 0 Å². The Hall–Kier alpha value is -1.25. The van der Waals surface area contributed by atoms with Crippen molar-refractivity contribution in [2.75, 3.05) is 0 Å². The number of hydrogen-bond donors (Lipinski definition) is 1. The molecular formula is C6H7N3. The Labute approximate surface area is 52.3 Å². The summed E-state index contributed by atoms with van der Waals surface area (Å²) >= 11 is 0. The van der Waals surface area contributed by atoms with Gasteiger partial charge in [0.05, 0.1) is 6.20 Å². The second kappa shape index (κ2) is 1.37. The Balaban J connectivity index is 2.99. The van der Waals surface area contributed by atoms with Gasteiger partial charge in [0.2, 0.25) is 0 Å². The summed E-state index contributed by atoms with van der Waals surface area (Å²) in [7, 11) is 0. The Morgan fingerprint density at radius 1 is 1.67 bits per heavy atom. The maximum Gasteiger partial charge on any atom is 0.136 e. The highest BCUT2D eigenvalue weighted by Gasteiger charge is 1.95. The first-order chi connectivity index (χ1) is 4.38. The molecule has 2 aromatic heterocycles. The molecule has 46 valence electrons. The van der Waals surface area contributed by atoms with Gasteiger partial charge in [0.1, 0.15) is 5.65 Å². The van der Waals surface area contributed by atoms with Gasteiger partial charge in [0.25, 0.3) is 0 Å². The van der Waals surface area contributed by atoms with E-state index in [1.54, 1.807) is 0 Å². The van der Waals surface area contributed by atoms with Crippen LogP contribution in [0.1, 0.15) is 5.56 Å². The Bertz CT molecular complexity index is 317. The van der Waals surface area contributed by atoms with Crippen molar-refractivity contribution < 1.29 is 0 Å². The molecular weight excluding hydrogens is 114 g/mol. The van der Waals surface area contributed by atoms with E-state index in [-0.39, 0.29) is 0 Å². The molecule has 1 N–H and O–H groups in total. The third-order valence-corrected chi connectivity index (χ3v) is 1.41. The molecule has 0 radical (unpaired) electrons. The van der Waals surface area contributed by atoms with Crippen molar-refractivity contribution in [2.24, 2.45) is 0 Å². The molecule has 3 nitrogen and oxygen atoms in total. The predicted octanol–water partition coefficient (Wildman–Crippen LogP) is 0.971. The van der Waals surface area contributed by atoms with E-state index in [1.165, 1.54) is 5.56 Å². The molecule has 0 fully saturated rings. The van der Waals surface area contributed by atoms with E-state index in [4.69, 9.17) is 0 Å². The van der Waals surface area contributed by atoms with E-state index in [0.29, 0.717) is 0 Å². The van der Waals surface area contributed by atoms with Crippen LogP contribution in [-0.4, -0.2) is 14.6 Å². The number of nitrogens with zero attached hydrogens (tertiary/aromatic N) is 2. The number of aryl methyl sites for hydroxylation is 1. The minimum absolute atomic E-state index is 1.08. The summed E-state index contributed by atoms with van der Waals surface area (Å²) in [5.41, 5.74) is 2.26. The summed E-state index contributed by atoms with van der Waals surface area (Å²) in [6.45, 7) is 2.03. The normalized spacial score (nSPS) is 10.8. The molecule has 9 heavy (non-hydrogen) atoms. The first-order valence-electron chi connectivity index (χ1n) is 2.85. The Morgan fingerprint density at radius 2 is 2.56 bits per heavy atom. The Morgan fingerprint density at radius 3 is 3.33 bits per heavy atom. The van der Waals surface area contributed by atoms with Crippen molar-refractivity contribution in [1.82, 2.24) is 14.6 Å². The van der Waals surface area contributed by atoms with E-state index in [2.05, 4.69) is 10.1 Å². The number of H-pyrrole nitrogens is 1. The fourth-order valence-corrected chi connectivity index (χ4v) is 0.928. The second-order valence-electron chi connectivity index (χ2n) is 2.08. The van der Waals surface area contributed by atoms with Gasteiger partial charge in [-0.05, 0) is 6.92 Å². The van der Waals surface area contributed by atoms with Crippen LogP contribution in [-0.2, 0) is 0 Å². The fraction of sp³-hybridized carbons (Fsp3) is 0.167. The fourth-order valence-electron chi connectivity index (χ4n) is 0.928. The lowest BCUT2D eigenvalue weighted by atomic mass is 10.4. The molecule has 0 saturated heterocycles.